The minimum absolute atomic E-state index is 0.701. The molecule has 0 atom stereocenters. The largest absolute Gasteiger partial charge is 0.355 e. The lowest BCUT2D eigenvalue weighted by Crippen LogP contribution is -2.00. The SMILES string of the molecule is C=C/C(=C\C=C/C)Nc1cccc(C=C)c1C(=C)S. The highest BCUT2D eigenvalue weighted by Crippen LogP contribution is 2.30. The summed E-state index contributed by atoms with van der Waals surface area (Å²) in [5, 5.41) is 3.32. The molecule has 98 valence electrons. The van der Waals surface area contributed by atoms with Crippen LogP contribution in [0.25, 0.3) is 11.0 Å². The van der Waals surface area contributed by atoms with Gasteiger partial charge in [-0.05, 0) is 30.7 Å². The lowest BCUT2D eigenvalue weighted by Gasteiger charge is -2.14. The van der Waals surface area contributed by atoms with Gasteiger partial charge in [0.15, 0.2) is 0 Å². The molecule has 19 heavy (non-hydrogen) atoms. The highest BCUT2D eigenvalue weighted by atomic mass is 32.1. The molecule has 0 fully saturated rings. The standard InChI is InChI=1S/C17H19NS/c1-5-8-11-15(7-3)18-16-12-9-10-14(6-2)17(16)13(4)19/h5-12,18-19H,2-4H2,1H3/b8-5-,15-11+. The van der Waals surface area contributed by atoms with Gasteiger partial charge in [-0.2, -0.15) is 0 Å². The van der Waals surface area contributed by atoms with E-state index < -0.39 is 0 Å². The average molecular weight is 269 g/mol. The topological polar surface area (TPSA) is 12.0 Å². The Morgan fingerprint density at radius 1 is 1.32 bits per heavy atom. The van der Waals surface area contributed by atoms with Crippen molar-refractivity contribution in [1.29, 1.82) is 0 Å². The zero-order chi connectivity index (χ0) is 14.3. The average Bonchev–Trinajstić information content (AvgIpc) is 2.42. The Hall–Kier alpha value is -1.93. The van der Waals surface area contributed by atoms with Crippen molar-refractivity contribution in [3.63, 3.8) is 0 Å². The zero-order valence-electron chi connectivity index (χ0n) is 11.2. The third kappa shape index (κ3) is 4.04. The molecular weight excluding hydrogens is 250 g/mol. The van der Waals surface area contributed by atoms with Gasteiger partial charge in [0.25, 0.3) is 0 Å². The van der Waals surface area contributed by atoms with Crippen molar-refractivity contribution in [2.75, 3.05) is 5.32 Å². The van der Waals surface area contributed by atoms with Crippen molar-refractivity contribution in [2.45, 2.75) is 6.92 Å². The highest BCUT2D eigenvalue weighted by molar-refractivity contribution is 7.90. The van der Waals surface area contributed by atoms with Crippen LogP contribution in [-0.2, 0) is 0 Å². The summed E-state index contributed by atoms with van der Waals surface area (Å²) in [6, 6.07) is 5.94. The normalized spacial score (nSPS) is 11.4. The molecule has 1 aromatic carbocycles. The summed E-state index contributed by atoms with van der Waals surface area (Å²) in [5.74, 6) is 0. The van der Waals surface area contributed by atoms with Gasteiger partial charge in [-0.3, -0.25) is 0 Å². The first-order chi connectivity index (χ1) is 9.13. The van der Waals surface area contributed by atoms with Crippen molar-refractivity contribution in [1.82, 2.24) is 0 Å². The lowest BCUT2D eigenvalue weighted by atomic mass is 10.0. The molecule has 0 bridgehead atoms. The van der Waals surface area contributed by atoms with Gasteiger partial charge in [-0.25, -0.2) is 0 Å². The van der Waals surface area contributed by atoms with Crippen LogP contribution in [0.1, 0.15) is 18.1 Å². The smallest absolute Gasteiger partial charge is 0.0474 e. The number of hydrogen-bond donors (Lipinski definition) is 2. The monoisotopic (exact) mass is 269 g/mol. The second-order valence-electron chi connectivity index (χ2n) is 3.90. The van der Waals surface area contributed by atoms with E-state index >= 15 is 0 Å². The van der Waals surface area contributed by atoms with Crippen LogP contribution >= 0.6 is 12.6 Å². The van der Waals surface area contributed by atoms with Crippen LogP contribution < -0.4 is 5.32 Å². The van der Waals surface area contributed by atoms with Crippen LogP contribution in [0, 0.1) is 0 Å². The van der Waals surface area contributed by atoms with Gasteiger partial charge in [0.05, 0.1) is 0 Å². The van der Waals surface area contributed by atoms with Crippen LogP contribution in [0.3, 0.4) is 0 Å². The van der Waals surface area contributed by atoms with E-state index in [2.05, 4.69) is 37.7 Å². The Morgan fingerprint density at radius 3 is 2.58 bits per heavy atom. The molecule has 0 aliphatic heterocycles. The molecule has 2 heteroatoms. The molecule has 1 rings (SSSR count). The quantitative estimate of drug-likeness (QED) is 0.528. The molecule has 1 N–H and O–H groups in total. The molecule has 0 radical (unpaired) electrons. The third-order valence-electron chi connectivity index (χ3n) is 2.57. The van der Waals surface area contributed by atoms with E-state index in [1.54, 1.807) is 12.2 Å². The Balaban J connectivity index is 3.23. The summed E-state index contributed by atoms with van der Waals surface area (Å²) in [5.41, 5.74) is 3.80. The highest BCUT2D eigenvalue weighted by Gasteiger charge is 2.07. The first kappa shape index (κ1) is 15.1. The number of allylic oxidation sites excluding steroid dienone is 4. The zero-order valence-corrected chi connectivity index (χ0v) is 12.1. The molecule has 0 aromatic heterocycles. The molecule has 0 aliphatic carbocycles. The van der Waals surface area contributed by atoms with Gasteiger partial charge in [0.1, 0.15) is 0 Å². The molecule has 0 heterocycles. The van der Waals surface area contributed by atoms with Gasteiger partial charge in [0.2, 0.25) is 0 Å². The molecule has 0 spiro atoms. The maximum atomic E-state index is 4.36. The van der Waals surface area contributed by atoms with Crippen molar-refractivity contribution >= 4 is 29.3 Å². The van der Waals surface area contributed by atoms with Gasteiger partial charge >= 0.3 is 0 Å². The molecule has 1 nitrogen and oxygen atoms in total. The second kappa shape index (κ2) is 7.49. The first-order valence-corrected chi connectivity index (χ1v) is 6.44. The van der Waals surface area contributed by atoms with Crippen LogP contribution in [0.2, 0.25) is 0 Å². The van der Waals surface area contributed by atoms with Gasteiger partial charge in [0, 0.05) is 21.9 Å². The minimum atomic E-state index is 0.701. The van der Waals surface area contributed by atoms with Crippen molar-refractivity contribution in [3.05, 3.63) is 79.1 Å². The molecule has 0 saturated carbocycles. The number of hydrogen-bond acceptors (Lipinski definition) is 2. The van der Waals surface area contributed by atoms with E-state index in [1.807, 2.05) is 43.4 Å². The number of benzene rings is 1. The summed E-state index contributed by atoms with van der Waals surface area (Å²) in [7, 11) is 0. The fourth-order valence-electron chi connectivity index (χ4n) is 1.68. The predicted octanol–water partition coefficient (Wildman–Crippen LogP) is 5.29. The summed E-state index contributed by atoms with van der Waals surface area (Å²) >= 11 is 4.36. The molecule has 0 aliphatic rings. The van der Waals surface area contributed by atoms with Crippen LogP contribution in [-0.4, -0.2) is 0 Å². The minimum Gasteiger partial charge on any atom is -0.355 e. The van der Waals surface area contributed by atoms with Gasteiger partial charge in [-0.15, -0.1) is 12.6 Å². The fourth-order valence-corrected chi connectivity index (χ4v) is 1.93. The maximum absolute atomic E-state index is 4.36. The molecular formula is C17H19NS. The van der Waals surface area contributed by atoms with Gasteiger partial charge < -0.3 is 5.32 Å². The number of anilines is 1. The Morgan fingerprint density at radius 2 is 2.05 bits per heavy atom. The van der Waals surface area contributed by atoms with Crippen molar-refractivity contribution < 1.29 is 0 Å². The molecule has 0 unspecified atom stereocenters. The summed E-state index contributed by atoms with van der Waals surface area (Å²) < 4.78 is 0. The maximum Gasteiger partial charge on any atom is 0.0474 e. The van der Waals surface area contributed by atoms with E-state index in [0.29, 0.717) is 4.91 Å². The van der Waals surface area contributed by atoms with E-state index in [9.17, 15) is 0 Å². The lowest BCUT2D eigenvalue weighted by molar-refractivity contribution is 1.45. The summed E-state index contributed by atoms with van der Waals surface area (Å²) in [4.78, 5) is 0.701. The van der Waals surface area contributed by atoms with E-state index in [4.69, 9.17) is 0 Å². The van der Waals surface area contributed by atoms with Crippen molar-refractivity contribution in [3.8, 4) is 0 Å². The summed E-state index contributed by atoms with van der Waals surface area (Å²) in [6.45, 7) is 13.5. The second-order valence-corrected chi connectivity index (χ2v) is 4.44. The predicted molar refractivity (Wildman–Crippen MR) is 91.3 cm³/mol. The molecule has 1 aromatic rings. The molecule has 0 saturated heterocycles. The number of rotatable bonds is 6. The van der Waals surface area contributed by atoms with Crippen molar-refractivity contribution in [2.24, 2.45) is 0 Å². The van der Waals surface area contributed by atoms with Crippen LogP contribution in [0.5, 0.6) is 0 Å². The van der Waals surface area contributed by atoms with E-state index in [1.165, 1.54) is 0 Å². The Bertz CT molecular complexity index is 550. The van der Waals surface area contributed by atoms with E-state index in [-0.39, 0.29) is 0 Å². The molecule has 0 amide bonds. The first-order valence-electron chi connectivity index (χ1n) is 6.00. The Kier molecular flexibility index (Phi) is 5.97. The van der Waals surface area contributed by atoms with Crippen LogP contribution in [0.4, 0.5) is 5.69 Å². The number of nitrogens with one attached hydrogen (secondary N) is 1. The van der Waals surface area contributed by atoms with Gasteiger partial charge in [-0.1, -0.05) is 50.1 Å². The summed E-state index contributed by atoms with van der Waals surface area (Å²) in [6.07, 6.45) is 9.44. The third-order valence-corrected chi connectivity index (χ3v) is 2.80. The Labute approximate surface area is 121 Å². The number of thiol groups is 1. The van der Waals surface area contributed by atoms with Crippen LogP contribution in [0.15, 0.2) is 67.9 Å². The van der Waals surface area contributed by atoms with E-state index in [0.717, 1.165) is 22.5 Å². The fraction of sp³-hybridized carbons (Fsp3) is 0.0588.